The van der Waals surface area contributed by atoms with Crippen molar-refractivity contribution in [3.8, 4) is 0 Å². The summed E-state index contributed by atoms with van der Waals surface area (Å²) < 4.78 is 1.23. The Kier molecular flexibility index (Phi) is 4.10. The fourth-order valence-corrected chi connectivity index (χ4v) is 2.55. The standard InChI is InChI=1S/C8H10Br2S/c1-6(9)2-3-7-4-5-8(10)11-7/h4-6H,2-3H2,1H3. The summed E-state index contributed by atoms with van der Waals surface area (Å²) in [6.45, 7) is 2.18. The molecule has 0 aliphatic carbocycles. The second-order valence-corrected chi connectivity index (χ2v) is 6.64. The van der Waals surface area contributed by atoms with Crippen LogP contribution in [0.1, 0.15) is 18.2 Å². The molecule has 11 heavy (non-hydrogen) atoms. The third-order valence-electron chi connectivity index (χ3n) is 1.42. The van der Waals surface area contributed by atoms with Crippen molar-refractivity contribution in [2.24, 2.45) is 0 Å². The summed E-state index contributed by atoms with van der Waals surface area (Å²) in [6, 6.07) is 4.29. The fourth-order valence-electron chi connectivity index (χ4n) is 0.827. The van der Waals surface area contributed by atoms with E-state index in [1.165, 1.54) is 21.5 Å². The minimum atomic E-state index is 0.628. The van der Waals surface area contributed by atoms with Crippen LogP contribution in [0.25, 0.3) is 0 Å². The molecule has 3 heteroatoms. The summed E-state index contributed by atoms with van der Waals surface area (Å²) in [4.78, 5) is 2.09. The molecule has 0 spiro atoms. The number of rotatable bonds is 3. The Bertz CT molecular complexity index is 218. The van der Waals surface area contributed by atoms with Crippen LogP contribution in [0.4, 0.5) is 0 Å². The monoisotopic (exact) mass is 296 g/mol. The van der Waals surface area contributed by atoms with Crippen molar-refractivity contribution in [1.29, 1.82) is 0 Å². The van der Waals surface area contributed by atoms with Crippen LogP contribution < -0.4 is 0 Å². The molecule has 0 aromatic carbocycles. The number of thiophene rings is 1. The van der Waals surface area contributed by atoms with Crippen LogP contribution in [0.2, 0.25) is 0 Å². The van der Waals surface area contributed by atoms with E-state index in [-0.39, 0.29) is 0 Å². The van der Waals surface area contributed by atoms with E-state index in [1.807, 2.05) is 11.3 Å². The van der Waals surface area contributed by atoms with E-state index in [1.54, 1.807) is 0 Å². The molecule has 0 aliphatic heterocycles. The van der Waals surface area contributed by atoms with Gasteiger partial charge in [-0.25, -0.2) is 0 Å². The van der Waals surface area contributed by atoms with Crippen LogP contribution >= 0.6 is 43.2 Å². The second-order valence-electron chi connectivity index (χ2n) is 2.53. The molecule has 1 aromatic heterocycles. The first kappa shape index (κ1) is 9.75. The summed E-state index contributed by atoms with van der Waals surface area (Å²) in [6.07, 6.45) is 2.40. The quantitative estimate of drug-likeness (QED) is 0.733. The molecule has 0 amide bonds. The highest BCUT2D eigenvalue weighted by atomic mass is 79.9. The van der Waals surface area contributed by atoms with E-state index < -0.39 is 0 Å². The van der Waals surface area contributed by atoms with Gasteiger partial charge in [0.2, 0.25) is 0 Å². The Morgan fingerprint density at radius 1 is 1.55 bits per heavy atom. The maximum absolute atomic E-state index is 3.53. The molecule has 0 bridgehead atoms. The lowest BCUT2D eigenvalue weighted by atomic mass is 10.2. The predicted molar refractivity (Wildman–Crippen MR) is 58.7 cm³/mol. The summed E-state index contributed by atoms with van der Waals surface area (Å²) in [5, 5.41) is 0. The summed E-state index contributed by atoms with van der Waals surface area (Å²) in [7, 11) is 0. The Morgan fingerprint density at radius 2 is 2.27 bits per heavy atom. The molecule has 1 heterocycles. The van der Waals surface area contributed by atoms with Gasteiger partial charge in [-0.1, -0.05) is 22.9 Å². The van der Waals surface area contributed by atoms with Crippen molar-refractivity contribution < 1.29 is 0 Å². The lowest BCUT2D eigenvalue weighted by Crippen LogP contribution is -1.91. The van der Waals surface area contributed by atoms with Gasteiger partial charge in [0.05, 0.1) is 3.79 Å². The molecule has 0 radical (unpaired) electrons. The number of hydrogen-bond donors (Lipinski definition) is 0. The Hall–Kier alpha value is 0.660. The van der Waals surface area contributed by atoms with Crippen molar-refractivity contribution in [2.75, 3.05) is 0 Å². The average molecular weight is 298 g/mol. The van der Waals surface area contributed by atoms with Gasteiger partial charge in [0.25, 0.3) is 0 Å². The summed E-state index contributed by atoms with van der Waals surface area (Å²) in [5.74, 6) is 0. The molecule has 1 atom stereocenters. The molecule has 1 aromatic rings. The highest BCUT2D eigenvalue weighted by Gasteiger charge is 1.99. The van der Waals surface area contributed by atoms with Crippen molar-refractivity contribution in [2.45, 2.75) is 24.6 Å². The normalized spacial score (nSPS) is 13.4. The first-order valence-corrected chi connectivity index (χ1v) is 6.09. The van der Waals surface area contributed by atoms with E-state index >= 15 is 0 Å². The smallest absolute Gasteiger partial charge is 0.0701 e. The molecule has 0 aliphatic rings. The van der Waals surface area contributed by atoms with Crippen molar-refractivity contribution in [3.63, 3.8) is 0 Å². The minimum Gasteiger partial charge on any atom is -0.133 e. The number of aryl methyl sites for hydroxylation is 1. The molecule has 0 saturated heterocycles. The first-order chi connectivity index (χ1) is 5.18. The summed E-state index contributed by atoms with van der Waals surface area (Å²) in [5.41, 5.74) is 0. The van der Waals surface area contributed by atoms with E-state index in [0.29, 0.717) is 4.83 Å². The Morgan fingerprint density at radius 3 is 2.73 bits per heavy atom. The largest absolute Gasteiger partial charge is 0.133 e. The number of alkyl halides is 1. The highest BCUT2D eigenvalue weighted by Crippen LogP contribution is 2.23. The van der Waals surface area contributed by atoms with E-state index in [4.69, 9.17) is 0 Å². The van der Waals surface area contributed by atoms with Gasteiger partial charge in [0.15, 0.2) is 0 Å². The topological polar surface area (TPSA) is 0 Å². The third-order valence-corrected chi connectivity index (χ3v) is 3.56. The predicted octanol–water partition coefficient (Wildman–Crippen LogP) is 4.23. The van der Waals surface area contributed by atoms with E-state index in [0.717, 1.165) is 0 Å². The average Bonchev–Trinajstić information content (AvgIpc) is 2.31. The second kappa shape index (κ2) is 4.63. The maximum atomic E-state index is 3.53. The van der Waals surface area contributed by atoms with E-state index in [2.05, 4.69) is 50.9 Å². The van der Waals surface area contributed by atoms with Gasteiger partial charge >= 0.3 is 0 Å². The molecular weight excluding hydrogens is 288 g/mol. The zero-order valence-corrected chi connectivity index (χ0v) is 10.3. The molecule has 0 saturated carbocycles. The van der Waals surface area contributed by atoms with Gasteiger partial charge in [-0.05, 0) is 40.9 Å². The van der Waals surface area contributed by atoms with Gasteiger partial charge in [0.1, 0.15) is 0 Å². The SMILES string of the molecule is CC(Br)CCc1ccc(Br)s1. The minimum absolute atomic E-state index is 0.628. The third kappa shape index (κ3) is 3.72. The zero-order valence-electron chi connectivity index (χ0n) is 6.31. The van der Waals surface area contributed by atoms with E-state index in [9.17, 15) is 0 Å². The van der Waals surface area contributed by atoms with Gasteiger partial charge in [-0.15, -0.1) is 11.3 Å². The maximum Gasteiger partial charge on any atom is 0.0701 e. The lowest BCUT2D eigenvalue weighted by molar-refractivity contribution is 0.832. The van der Waals surface area contributed by atoms with Crippen LogP contribution in [0.15, 0.2) is 15.9 Å². The zero-order chi connectivity index (χ0) is 8.27. The molecule has 0 N–H and O–H groups in total. The number of hydrogen-bond acceptors (Lipinski definition) is 1. The molecule has 1 rings (SSSR count). The fraction of sp³-hybridized carbons (Fsp3) is 0.500. The Labute approximate surface area is 88.3 Å². The first-order valence-electron chi connectivity index (χ1n) is 3.57. The van der Waals surface area contributed by atoms with Crippen LogP contribution in [-0.2, 0) is 6.42 Å². The van der Waals surface area contributed by atoms with Crippen molar-refractivity contribution >= 4 is 43.2 Å². The molecule has 0 fully saturated rings. The molecular formula is C8H10Br2S. The van der Waals surface area contributed by atoms with Crippen molar-refractivity contribution in [3.05, 3.63) is 20.8 Å². The van der Waals surface area contributed by atoms with Crippen molar-refractivity contribution in [1.82, 2.24) is 0 Å². The van der Waals surface area contributed by atoms with Gasteiger partial charge in [-0.3, -0.25) is 0 Å². The number of halogens is 2. The Balaban J connectivity index is 2.39. The highest BCUT2D eigenvalue weighted by molar-refractivity contribution is 9.11. The lowest BCUT2D eigenvalue weighted by Gasteiger charge is -1.98. The van der Waals surface area contributed by atoms with Gasteiger partial charge in [0, 0.05) is 9.70 Å². The molecule has 0 nitrogen and oxygen atoms in total. The van der Waals surface area contributed by atoms with Crippen LogP contribution in [-0.4, -0.2) is 4.83 Å². The molecule has 1 unspecified atom stereocenters. The van der Waals surface area contributed by atoms with Crippen LogP contribution in [0.3, 0.4) is 0 Å². The van der Waals surface area contributed by atoms with Gasteiger partial charge < -0.3 is 0 Å². The summed E-state index contributed by atoms with van der Waals surface area (Å²) >= 11 is 8.80. The van der Waals surface area contributed by atoms with Crippen LogP contribution in [0.5, 0.6) is 0 Å². The molecule has 62 valence electrons. The van der Waals surface area contributed by atoms with Crippen LogP contribution in [0, 0.1) is 0 Å². The van der Waals surface area contributed by atoms with Gasteiger partial charge in [-0.2, -0.15) is 0 Å².